The molecule has 4 N–H and O–H groups in total. The second-order valence-corrected chi connectivity index (χ2v) is 15.6. The molecule has 0 aliphatic heterocycles. The molecule has 0 unspecified atom stereocenters. The first-order valence-corrected chi connectivity index (χ1v) is 17.4. The minimum Gasteiger partial charge on any atom is -0.342 e. The largest absolute Gasteiger partial charge is 0.416 e. The molecule has 0 heterocycles. The zero-order chi connectivity index (χ0) is 37.5. The highest BCUT2D eigenvalue weighted by Crippen LogP contribution is 2.32. The van der Waals surface area contributed by atoms with Gasteiger partial charge in [-0.3, -0.25) is 14.4 Å². The van der Waals surface area contributed by atoms with E-state index in [9.17, 15) is 36.0 Å². The van der Waals surface area contributed by atoms with Gasteiger partial charge in [0.2, 0.25) is 11.8 Å². The fraction of sp³-hybridized carbons (Fsp3) is 0.514. The molecule has 0 aromatic heterocycles. The Morgan fingerprint density at radius 2 is 1.45 bits per heavy atom. The molecule has 2 aromatic rings. The zero-order valence-electron chi connectivity index (χ0n) is 29.8. The first-order valence-electron chi connectivity index (χ1n) is 15.9. The number of amides is 3. The average Bonchev–Trinajstić information content (AvgIpc) is 3.00. The summed E-state index contributed by atoms with van der Waals surface area (Å²) in [6.45, 7) is 13.6. The summed E-state index contributed by atoms with van der Waals surface area (Å²) in [4.78, 5) is 42.2. The van der Waals surface area contributed by atoms with Crippen LogP contribution in [0.3, 0.4) is 0 Å². The maximum absolute atomic E-state index is 14.1. The van der Waals surface area contributed by atoms with Crippen LogP contribution in [0.1, 0.15) is 72.1 Å². The van der Waals surface area contributed by atoms with E-state index in [-0.39, 0.29) is 23.0 Å². The van der Waals surface area contributed by atoms with E-state index in [0.717, 1.165) is 17.7 Å². The molecule has 0 fully saturated rings. The summed E-state index contributed by atoms with van der Waals surface area (Å²) in [7, 11) is -1.34. The molecule has 0 bridgehead atoms. The minimum absolute atomic E-state index is 0.0457. The smallest absolute Gasteiger partial charge is 0.342 e. The van der Waals surface area contributed by atoms with Gasteiger partial charge in [-0.25, -0.2) is 4.72 Å². The van der Waals surface area contributed by atoms with Gasteiger partial charge >= 0.3 is 16.4 Å². The third-order valence-corrected chi connectivity index (χ3v) is 9.43. The van der Waals surface area contributed by atoms with Crippen LogP contribution in [0.25, 0.3) is 0 Å². The molecule has 10 nitrogen and oxygen atoms in total. The van der Waals surface area contributed by atoms with Gasteiger partial charge in [-0.05, 0) is 42.5 Å². The topological polar surface area (TPSA) is 137 Å². The maximum Gasteiger partial charge on any atom is 0.416 e. The highest BCUT2D eigenvalue weighted by Gasteiger charge is 2.41. The second-order valence-electron chi connectivity index (χ2n) is 14.1. The molecule has 49 heavy (non-hydrogen) atoms. The fourth-order valence-corrected chi connectivity index (χ4v) is 6.35. The van der Waals surface area contributed by atoms with Crippen LogP contribution >= 0.6 is 0 Å². The standard InChI is InChI=1S/C35H50F3N5O5S/c1-22(2)27(20-23(3)30(44)42-49(47,48)40-21-24-16-14-15-19-26(24)35(36,37)38)43(10)32(46)29(33(4,5)6)41-31(45)28(39-9)34(7,8)25-17-12-11-13-18-25/h11-20,22,27-29,39-40H,21H2,1-10H3,(H,41,45)(H,42,44)/t27-,28-,29-/m1/s1. The van der Waals surface area contributed by atoms with E-state index in [1.165, 1.54) is 30.0 Å². The number of halogens is 3. The Balaban J connectivity index is 2.27. The van der Waals surface area contributed by atoms with Crippen LogP contribution in [0, 0.1) is 11.3 Å². The van der Waals surface area contributed by atoms with E-state index >= 15 is 0 Å². The summed E-state index contributed by atoms with van der Waals surface area (Å²) in [6, 6.07) is 11.7. The highest BCUT2D eigenvalue weighted by atomic mass is 32.2. The molecular weight excluding hydrogens is 659 g/mol. The van der Waals surface area contributed by atoms with E-state index < -0.39 is 69.3 Å². The van der Waals surface area contributed by atoms with Crippen molar-refractivity contribution in [3.8, 4) is 0 Å². The molecule has 0 saturated heterocycles. The molecule has 2 rings (SSSR count). The Morgan fingerprint density at radius 1 is 0.898 bits per heavy atom. The van der Waals surface area contributed by atoms with Crippen molar-refractivity contribution in [2.45, 2.75) is 91.7 Å². The summed E-state index contributed by atoms with van der Waals surface area (Å²) < 4.78 is 69.0. The molecule has 0 aliphatic carbocycles. The number of likely N-dealkylation sites (N-methyl/N-ethyl adjacent to an activating group) is 2. The molecule has 0 radical (unpaired) electrons. The molecule has 0 aliphatic rings. The SMILES string of the molecule is CN[C@H](C(=O)N[C@H](C(=O)N(C)[C@H](C=C(C)C(=O)NS(=O)(=O)NCc1ccccc1C(F)(F)F)C(C)C)C(C)(C)C)C(C)(C)c1ccccc1. The Labute approximate surface area is 288 Å². The lowest BCUT2D eigenvalue weighted by atomic mass is 9.76. The van der Waals surface area contributed by atoms with Crippen LogP contribution in [0.2, 0.25) is 0 Å². The van der Waals surface area contributed by atoms with E-state index in [0.29, 0.717) is 0 Å². The predicted octanol–water partition coefficient (Wildman–Crippen LogP) is 4.68. The Bertz CT molecular complexity index is 1600. The van der Waals surface area contributed by atoms with Gasteiger partial charge in [0.15, 0.2) is 0 Å². The van der Waals surface area contributed by atoms with E-state index in [1.54, 1.807) is 14.1 Å². The number of carbonyl (C=O) groups excluding carboxylic acids is 3. The number of hydrogen-bond acceptors (Lipinski definition) is 6. The van der Waals surface area contributed by atoms with Crippen LogP contribution in [0.15, 0.2) is 66.2 Å². The van der Waals surface area contributed by atoms with Crippen LogP contribution in [0.5, 0.6) is 0 Å². The van der Waals surface area contributed by atoms with Crippen molar-refractivity contribution in [2.75, 3.05) is 14.1 Å². The number of nitrogens with zero attached hydrogens (tertiary/aromatic N) is 1. The lowest BCUT2D eigenvalue weighted by Gasteiger charge is -2.40. The zero-order valence-corrected chi connectivity index (χ0v) is 30.6. The second kappa shape index (κ2) is 16.3. The molecule has 2 aromatic carbocycles. The Hall–Kier alpha value is -3.75. The number of nitrogens with one attached hydrogen (secondary N) is 4. The normalized spacial score (nSPS) is 14.9. The average molecular weight is 710 g/mol. The van der Waals surface area contributed by atoms with Crippen molar-refractivity contribution < 1.29 is 36.0 Å². The van der Waals surface area contributed by atoms with Crippen molar-refractivity contribution in [2.24, 2.45) is 11.3 Å². The lowest BCUT2D eigenvalue weighted by molar-refractivity contribution is -0.141. The summed E-state index contributed by atoms with van der Waals surface area (Å²) in [5.74, 6) is -2.07. The monoisotopic (exact) mass is 709 g/mol. The fourth-order valence-electron chi connectivity index (χ4n) is 5.52. The van der Waals surface area contributed by atoms with Gasteiger partial charge in [-0.15, -0.1) is 0 Å². The molecule has 272 valence electrons. The van der Waals surface area contributed by atoms with Crippen molar-refractivity contribution in [3.63, 3.8) is 0 Å². The van der Waals surface area contributed by atoms with Gasteiger partial charge in [-0.1, -0.05) is 103 Å². The highest BCUT2D eigenvalue weighted by molar-refractivity contribution is 7.88. The van der Waals surface area contributed by atoms with Crippen LogP contribution in [0.4, 0.5) is 13.2 Å². The summed E-state index contributed by atoms with van der Waals surface area (Å²) in [5, 5.41) is 6.05. The number of benzene rings is 2. The third-order valence-electron chi connectivity index (χ3n) is 8.45. The van der Waals surface area contributed by atoms with Crippen LogP contribution < -0.4 is 20.1 Å². The molecule has 0 spiro atoms. The van der Waals surface area contributed by atoms with Gasteiger partial charge in [0, 0.05) is 24.6 Å². The predicted molar refractivity (Wildman–Crippen MR) is 184 cm³/mol. The maximum atomic E-state index is 14.1. The van der Waals surface area contributed by atoms with Crippen molar-refractivity contribution >= 4 is 27.9 Å². The summed E-state index contributed by atoms with van der Waals surface area (Å²) >= 11 is 0. The molecule has 3 amide bonds. The first-order chi connectivity index (χ1) is 22.4. The molecule has 0 saturated carbocycles. The summed E-state index contributed by atoms with van der Waals surface area (Å²) in [5.41, 5.74) is -1.79. The lowest BCUT2D eigenvalue weighted by Crippen LogP contribution is -2.61. The van der Waals surface area contributed by atoms with Crippen molar-refractivity contribution in [3.05, 3.63) is 82.9 Å². The molecule has 3 atom stereocenters. The van der Waals surface area contributed by atoms with Gasteiger partial charge in [0.25, 0.3) is 5.91 Å². The number of hydrogen-bond donors (Lipinski definition) is 4. The van der Waals surface area contributed by atoms with Gasteiger partial charge < -0.3 is 15.5 Å². The minimum atomic E-state index is -4.69. The van der Waals surface area contributed by atoms with E-state index in [4.69, 9.17) is 0 Å². The van der Waals surface area contributed by atoms with E-state index in [2.05, 4.69) is 10.6 Å². The number of rotatable bonds is 14. The Kier molecular flexibility index (Phi) is 13.8. The van der Waals surface area contributed by atoms with Gasteiger partial charge in [0.1, 0.15) is 6.04 Å². The first kappa shape index (κ1) is 41.4. The van der Waals surface area contributed by atoms with Crippen LogP contribution in [-0.2, 0) is 42.7 Å². The van der Waals surface area contributed by atoms with Crippen LogP contribution in [-0.4, -0.2) is 63.3 Å². The van der Waals surface area contributed by atoms with E-state index in [1.807, 2.05) is 88.2 Å². The summed E-state index contributed by atoms with van der Waals surface area (Å²) in [6.07, 6.45) is -3.25. The Morgan fingerprint density at radius 3 is 1.96 bits per heavy atom. The molecule has 14 heteroatoms. The molecular formula is C35H50F3N5O5S. The van der Waals surface area contributed by atoms with Gasteiger partial charge in [-0.2, -0.15) is 26.3 Å². The number of alkyl halides is 3. The van der Waals surface area contributed by atoms with Crippen molar-refractivity contribution in [1.82, 2.24) is 25.0 Å². The number of carbonyl (C=O) groups is 3. The quantitative estimate of drug-likeness (QED) is 0.211. The van der Waals surface area contributed by atoms with Crippen molar-refractivity contribution in [1.29, 1.82) is 0 Å². The van der Waals surface area contributed by atoms with Gasteiger partial charge in [0.05, 0.1) is 17.6 Å². The third kappa shape index (κ3) is 11.1.